The minimum absolute atomic E-state index is 0.631. The zero-order valence-corrected chi connectivity index (χ0v) is 9.60. The van der Waals surface area contributed by atoms with Gasteiger partial charge in [-0.1, -0.05) is 6.07 Å². The zero-order valence-electron chi connectivity index (χ0n) is 9.60. The molecule has 0 atom stereocenters. The van der Waals surface area contributed by atoms with Crippen LogP contribution in [0.1, 0.15) is 17.1 Å². The molecule has 3 heterocycles. The van der Waals surface area contributed by atoms with E-state index in [-0.39, 0.29) is 0 Å². The Kier molecular flexibility index (Phi) is 1.89. The summed E-state index contributed by atoms with van der Waals surface area (Å²) in [5, 5.41) is 19.5. The second-order valence-corrected chi connectivity index (χ2v) is 4.04. The van der Waals surface area contributed by atoms with Gasteiger partial charge < -0.3 is 4.40 Å². The molecular weight excluding hydrogens is 212 g/mol. The fourth-order valence-corrected chi connectivity index (χ4v) is 2.29. The van der Waals surface area contributed by atoms with E-state index in [9.17, 15) is 5.26 Å². The lowest BCUT2D eigenvalue weighted by Crippen LogP contribution is -1.91. The summed E-state index contributed by atoms with van der Waals surface area (Å²) in [6, 6.07) is 8.13. The number of hydrogen-bond acceptors (Lipinski definition) is 3. The molecule has 0 aliphatic rings. The van der Waals surface area contributed by atoms with Gasteiger partial charge in [-0.05, 0) is 26.0 Å². The smallest absolute Gasteiger partial charge is 0.134 e. The van der Waals surface area contributed by atoms with Crippen LogP contribution >= 0.6 is 0 Å². The fraction of sp³-hybridized carbons (Fsp3) is 0.154. The van der Waals surface area contributed by atoms with E-state index in [1.807, 2.05) is 42.6 Å². The first-order valence-corrected chi connectivity index (χ1v) is 5.36. The van der Waals surface area contributed by atoms with Crippen LogP contribution in [0, 0.1) is 25.2 Å². The summed E-state index contributed by atoms with van der Waals surface area (Å²) in [5.74, 6) is 0. The SMILES string of the molecule is Cc1nnc(C)c2c1c(C#N)n1ccccc21. The molecule has 4 nitrogen and oxygen atoms in total. The highest BCUT2D eigenvalue weighted by atomic mass is 15.1. The quantitative estimate of drug-likeness (QED) is 0.586. The molecule has 3 aromatic heterocycles. The second kappa shape index (κ2) is 3.29. The molecule has 3 aromatic rings. The van der Waals surface area contributed by atoms with E-state index >= 15 is 0 Å². The van der Waals surface area contributed by atoms with Crippen LogP contribution in [0.3, 0.4) is 0 Å². The molecule has 82 valence electrons. The van der Waals surface area contributed by atoms with Gasteiger partial charge in [-0.3, -0.25) is 0 Å². The van der Waals surface area contributed by atoms with Crippen LogP contribution in [-0.4, -0.2) is 14.6 Å². The van der Waals surface area contributed by atoms with Crippen molar-refractivity contribution in [3.8, 4) is 6.07 Å². The third-order valence-corrected chi connectivity index (χ3v) is 3.02. The summed E-state index contributed by atoms with van der Waals surface area (Å²) in [5.41, 5.74) is 3.29. The van der Waals surface area contributed by atoms with Crippen molar-refractivity contribution in [1.82, 2.24) is 14.6 Å². The summed E-state index contributed by atoms with van der Waals surface area (Å²) in [7, 11) is 0. The van der Waals surface area contributed by atoms with Gasteiger partial charge in [0.1, 0.15) is 11.8 Å². The largest absolute Gasteiger partial charge is 0.307 e. The molecule has 17 heavy (non-hydrogen) atoms. The first-order chi connectivity index (χ1) is 8.24. The van der Waals surface area contributed by atoms with Crippen LogP contribution in [0.4, 0.5) is 0 Å². The number of pyridine rings is 1. The molecule has 0 aromatic carbocycles. The first-order valence-electron chi connectivity index (χ1n) is 5.36. The third kappa shape index (κ3) is 1.16. The Balaban J connectivity index is 2.74. The monoisotopic (exact) mass is 222 g/mol. The number of hydrogen-bond donors (Lipinski definition) is 0. The average molecular weight is 222 g/mol. The predicted octanol–water partition coefficient (Wildman–Crippen LogP) is 2.37. The Morgan fingerprint density at radius 3 is 2.53 bits per heavy atom. The van der Waals surface area contributed by atoms with Crippen LogP contribution in [0.15, 0.2) is 24.4 Å². The lowest BCUT2D eigenvalue weighted by Gasteiger charge is -1.97. The fourth-order valence-electron chi connectivity index (χ4n) is 2.29. The summed E-state index contributed by atoms with van der Waals surface area (Å²) in [4.78, 5) is 0. The normalized spacial score (nSPS) is 10.9. The maximum Gasteiger partial charge on any atom is 0.134 e. The summed E-state index contributed by atoms with van der Waals surface area (Å²) in [6.45, 7) is 3.80. The number of fused-ring (bicyclic) bond motifs is 3. The van der Waals surface area contributed by atoms with Crippen molar-refractivity contribution < 1.29 is 0 Å². The van der Waals surface area contributed by atoms with E-state index in [4.69, 9.17) is 0 Å². The number of aryl methyl sites for hydroxylation is 2. The Bertz CT molecular complexity index is 777. The maximum atomic E-state index is 9.32. The summed E-state index contributed by atoms with van der Waals surface area (Å²) < 4.78 is 1.90. The van der Waals surface area contributed by atoms with Gasteiger partial charge >= 0.3 is 0 Å². The molecule has 0 N–H and O–H groups in total. The summed E-state index contributed by atoms with van der Waals surface area (Å²) in [6.07, 6.45) is 1.90. The Labute approximate surface area is 98.1 Å². The standard InChI is InChI=1S/C13H10N4/c1-8-12-10-5-3-4-6-17(10)11(7-14)13(12)9(2)16-15-8/h3-6H,1-2H3. The van der Waals surface area contributed by atoms with Crippen molar-refractivity contribution in [2.45, 2.75) is 13.8 Å². The highest BCUT2D eigenvalue weighted by Gasteiger charge is 2.16. The van der Waals surface area contributed by atoms with Crippen molar-refractivity contribution in [2.24, 2.45) is 0 Å². The van der Waals surface area contributed by atoms with Gasteiger partial charge in [0.05, 0.1) is 16.9 Å². The predicted molar refractivity (Wildman–Crippen MR) is 64.7 cm³/mol. The first kappa shape index (κ1) is 9.79. The third-order valence-electron chi connectivity index (χ3n) is 3.02. The van der Waals surface area contributed by atoms with E-state index < -0.39 is 0 Å². The van der Waals surface area contributed by atoms with Crippen molar-refractivity contribution >= 4 is 16.3 Å². The molecule has 0 spiro atoms. The van der Waals surface area contributed by atoms with E-state index in [1.54, 1.807) is 0 Å². The Hall–Kier alpha value is -2.41. The molecule has 0 fully saturated rings. The van der Waals surface area contributed by atoms with Crippen molar-refractivity contribution in [2.75, 3.05) is 0 Å². The van der Waals surface area contributed by atoms with E-state index in [0.29, 0.717) is 5.69 Å². The van der Waals surface area contributed by atoms with Crippen LogP contribution in [-0.2, 0) is 0 Å². The molecule has 0 radical (unpaired) electrons. The Morgan fingerprint density at radius 1 is 1.12 bits per heavy atom. The van der Waals surface area contributed by atoms with Gasteiger partial charge in [0.2, 0.25) is 0 Å². The molecule has 0 aliphatic carbocycles. The Morgan fingerprint density at radius 2 is 1.82 bits per heavy atom. The topological polar surface area (TPSA) is 54.0 Å². The van der Waals surface area contributed by atoms with Gasteiger partial charge in [-0.25, -0.2) is 0 Å². The highest BCUT2D eigenvalue weighted by Crippen LogP contribution is 2.29. The molecular formula is C13H10N4. The van der Waals surface area contributed by atoms with E-state index in [1.165, 1.54) is 0 Å². The molecule has 0 saturated heterocycles. The maximum absolute atomic E-state index is 9.32. The van der Waals surface area contributed by atoms with Crippen molar-refractivity contribution in [3.63, 3.8) is 0 Å². The molecule has 0 unspecified atom stereocenters. The zero-order chi connectivity index (χ0) is 12.0. The van der Waals surface area contributed by atoms with Crippen LogP contribution in [0.25, 0.3) is 16.3 Å². The lowest BCUT2D eigenvalue weighted by molar-refractivity contribution is 0.966. The molecule has 0 bridgehead atoms. The molecule has 0 saturated carbocycles. The average Bonchev–Trinajstić information content (AvgIpc) is 2.69. The summed E-state index contributed by atoms with van der Waals surface area (Å²) >= 11 is 0. The van der Waals surface area contributed by atoms with Gasteiger partial charge in [0.15, 0.2) is 0 Å². The lowest BCUT2D eigenvalue weighted by atomic mass is 10.1. The van der Waals surface area contributed by atoms with E-state index in [2.05, 4.69) is 16.3 Å². The van der Waals surface area contributed by atoms with Crippen LogP contribution in [0.5, 0.6) is 0 Å². The van der Waals surface area contributed by atoms with Gasteiger partial charge in [-0.2, -0.15) is 15.5 Å². The second-order valence-electron chi connectivity index (χ2n) is 4.04. The number of nitriles is 1. The number of aromatic nitrogens is 3. The number of nitrogens with zero attached hydrogens (tertiary/aromatic N) is 4. The number of rotatable bonds is 0. The highest BCUT2D eigenvalue weighted by molar-refractivity contribution is 6.03. The molecule has 0 amide bonds. The van der Waals surface area contributed by atoms with Gasteiger partial charge in [-0.15, -0.1) is 0 Å². The van der Waals surface area contributed by atoms with Crippen molar-refractivity contribution in [3.05, 3.63) is 41.5 Å². The molecule has 4 heteroatoms. The van der Waals surface area contributed by atoms with Gasteiger partial charge in [0.25, 0.3) is 0 Å². The van der Waals surface area contributed by atoms with E-state index in [0.717, 1.165) is 27.7 Å². The van der Waals surface area contributed by atoms with Gasteiger partial charge in [0, 0.05) is 17.0 Å². The van der Waals surface area contributed by atoms with Crippen molar-refractivity contribution in [1.29, 1.82) is 5.26 Å². The molecule has 0 aliphatic heterocycles. The molecule has 3 rings (SSSR count). The minimum atomic E-state index is 0.631. The minimum Gasteiger partial charge on any atom is -0.307 e. The van der Waals surface area contributed by atoms with Crippen LogP contribution < -0.4 is 0 Å². The van der Waals surface area contributed by atoms with Crippen LogP contribution in [0.2, 0.25) is 0 Å².